The van der Waals surface area contributed by atoms with Gasteiger partial charge in [-0.25, -0.2) is 0 Å². The summed E-state index contributed by atoms with van der Waals surface area (Å²) in [5.41, 5.74) is 0. The van der Waals surface area contributed by atoms with Crippen molar-refractivity contribution in [2.45, 2.75) is 218 Å². The first-order chi connectivity index (χ1) is 26.0. The van der Waals surface area contributed by atoms with E-state index >= 15 is 0 Å². The fraction of sp³-hybridized carbons (Fsp3) is 0.812. The van der Waals surface area contributed by atoms with Crippen LogP contribution in [0, 0.1) is 0 Å². The summed E-state index contributed by atoms with van der Waals surface area (Å²) < 4.78 is 18.8. The molecule has 0 amide bonds. The van der Waals surface area contributed by atoms with Crippen LogP contribution in [0.15, 0.2) is 48.6 Å². The molecule has 1 saturated carbocycles. The van der Waals surface area contributed by atoms with Crippen LogP contribution in [0.25, 0.3) is 0 Å². The monoisotopic (exact) mass is 742 g/mol. The van der Waals surface area contributed by atoms with Gasteiger partial charge in [-0.05, 0) is 104 Å². The summed E-state index contributed by atoms with van der Waals surface area (Å²) in [5, 5.41) is 0. The van der Waals surface area contributed by atoms with Crippen molar-refractivity contribution in [1.82, 2.24) is 4.90 Å². The molecule has 1 rings (SSSR count). The smallest absolute Gasteiger partial charge is 0.306 e. The van der Waals surface area contributed by atoms with Gasteiger partial charge in [0.2, 0.25) is 0 Å². The second-order valence-corrected chi connectivity index (χ2v) is 15.9. The highest BCUT2D eigenvalue weighted by Crippen LogP contribution is 2.27. The van der Waals surface area contributed by atoms with Crippen LogP contribution in [-0.4, -0.2) is 63.0 Å². The van der Waals surface area contributed by atoms with Crippen molar-refractivity contribution < 1.29 is 19.0 Å². The molecule has 308 valence electrons. The fourth-order valence-corrected chi connectivity index (χ4v) is 7.00. The minimum absolute atomic E-state index is 0.0773. The van der Waals surface area contributed by atoms with Crippen molar-refractivity contribution in [3.8, 4) is 0 Å². The van der Waals surface area contributed by atoms with Gasteiger partial charge in [0.1, 0.15) is 6.10 Å². The molecule has 3 atom stereocenters. The van der Waals surface area contributed by atoms with Crippen LogP contribution in [-0.2, 0) is 19.0 Å². The first kappa shape index (κ1) is 49.3. The molecular formula is C48H87NO4. The van der Waals surface area contributed by atoms with Gasteiger partial charge < -0.3 is 19.1 Å². The number of rotatable bonds is 37. The molecule has 1 aliphatic rings. The topological polar surface area (TPSA) is 48.0 Å². The van der Waals surface area contributed by atoms with E-state index in [1.807, 2.05) is 14.1 Å². The first-order valence-electron chi connectivity index (χ1n) is 22.7. The number of esters is 1. The summed E-state index contributed by atoms with van der Waals surface area (Å²) in [6.45, 7) is 7.01. The molecule has 5 heteroatoms. The van der Waals surface area contributed by atoms with Gasteiger partial charge in [-0.3, -0.25) is 4.79 Å². The Morgan fingerprint density at radius 2 is 0.868 bits per heavy atom. The lowest BCUT2D eigenvalue weighted by Crippen LogP contribution is -2.38. The Bertz CT molecular complexity index is 851. The molecule has 0 radical (unpaired) electrons. The Labute approximate surface area is 329 Å². The predicted octanol–water partition coefficient (Wildman–Crippen LogP) is 13.8. The third kappa shape index (κ3) is 34.5. The van der Waals surface area contributed by atoms with Crippen LogP contribution < -0.4 is 0 Å². The number of hydrogen-bond donors (Lipinski definition) is 0. The molecule has 0 aromatic heterocycles. The van der Waals surface area contributed by atoms with Crippen LogP contribution in [0.3, 0.4) is 0 Å². The lowest BCUT2D eigenvalue weighted by molar-refractivity contribution is -0.158. The van der Waals surface area contributed by atoms with E-state index < -0.39 is 0 Å². The van der Waals surface area contributed by atoms with Gasteiger partial charge in [0, 0.05) is 38.9 Å². The van der Waals surface area contributed by atoms with E-state index in [1.165, 1.54) is 128 Å². The normalized spacial score (nSPS) is 18.2. The Kier molecular flexibility index (Phi) is 35.9. The third-order valence-corrected chi connectivity index (χ3v) is 10.3. The summed E-state index contributed by atoms with van der Waals surface area (Å²) >= 11 is 0. The molecule has 0 aromatic rings. The molecule has 0 bridgehead atoms. The maximum atomic E-state index is 12.6. The van der Waals surface area contributed by atoms with E-state index in [2.05, 4.69) is 67.4 Å². The summed E-state index contributed by atoms with van der Waals surface area (Å²) in [5.74, 6) is -0.0773. The molecule has 0 saturated heterocycles. The zero-order valence-electron chi connectivity index (χ0n) is 35.6. The van der Waals surface area contributed by atoms with Gasteiger partial charge in [0.05, 0.1) is 12.2 Å². The molecule has 5 nitrogen and oxygen atoms in total. The van der Waals surface area contributed by atoms with Gasteiger partial charge in [0.15, 0.2) is 0 Å². The van der Waals surface area contributed by atoms with Crippen molar-refractivity contribution in [2.24, 2.45) is 0 Å². The number of nitrogens with zero attached hydrogens (tertiary/aromatic N) is 1. The SMILES string of the molecule is CCCCC/C=C\C/C=C\CCCCCCCCO[C@@H]1CC(OC(=O)CCCN(C)C)C[C@H](OCCCCCCCC/C=C\C/C=C\CCCCC)C1. The highest BCUT2D eigenvalue weighted by atomic mass is 16.6. The van der Waals surface area contributed by atoms with E-state index in [-0.39, 0.29) is 24.3 Å². The predicted molar refractivity (Wildman–Crippen MR) is 230 cm³/mol. The molecular weight excluding hydrogens is 655 g/mol. The standard InChI is InChI=1S/C48H87NO4/c1-5-7-9-11-13-15-17-19-21-23-25-27-29-31-33-35-40-51-45-42-46(44-47(43-45)53-48(50)38-37-39-49(3)4)52-41-36-34-32-30-28-26-24-22-20-18-16-14-12-10-8-6-2/h13-16,19-22,45-47H,5-12,17-18,23-44H2,1-4H3/b15-13-,16-14-,21-19-,22-20-/t45-,46+,47?. The van der Waals surface area contributed by atoms with Crippen LogP contribution in [0.5, 0.6) is 0 Å². The number of hydrogen-bond acceptors (Lipinski definition) is 5. The molecule has 0 aromatic carbocycles. The summed E-state index contributed by atoms with van der Waals surface area (Å²) in [6, 6.07) is 0. The second kappa shape index (κ2) is 38.6. The minimum Gasteiger partial charge on any atom is -0.462 e. The summed E-state index contributed by atoms with van der Waals surface area (Å²) in [4.78, 5) is 14.7. The van der Waals surface area contributed by atoms with Crippen molar-refractivity contribution in [1.29, 1.82) is 0 Å². The van der Waals surface area contributed by atoms with Gasteiger partial charge >= 0.3 is 5.97 Å². The van der Waals surface area contributed by atoms with Crippen LogP contribution in [0.1, 0.15) is 200 Å². The largest absolute Gasteiger partial charge is 0.462 e. The summed E-state index contributed by atoms with van der Waals surface area (Å²) in [7, 11) is 4.08. The lowest BCUT2D eigenvalue weighted by atomic mass is 9.92. The molecule has 1 fully saturated rings. The van der Waals surface area contributed by atoms with E-state index in [0.29, 0.717) is 6.42 Å². The number of allylic oxidation sites excluding steroid dienone is 8. The molecule has 0 N–H and O–H groups in total. The van der Waals surface area contributed by atoms with Gasteiger partial charge in [-0.15, -0.1) is 0 Å². The van der Waals surface area contributed by atoms with Crippen molar-refractivity contribution >= 4 is 5.97 Å². The van der Waals surface area contributed by atoms with Gasteiger partial charge in [-0.2, -0.15) is 0 Å². The van der Waals surface area contributed by atoms with Crippen LogP contribution in [0.2, 0.25) is 0 Å². The Morgan fingerprint density at radius 3 is 1.28 bits per heavy atom. The van der Waals surface area contributed by atoms with E-state index in [9.17, 15) is 4.79 Å². The van der Waals surface area contributed by atoms with Gasteiger partial charge in [0.25, 0.3) is 0 Å². The van der Waals surface area contributed by atoms with Crippen molar-refractivity contribution in [2.75, 3.05) is 33.9 Å². The van der Waals surface area contributed by atoms with E-state index in [1.54, 1.807) is 0 Å². The van der Waals surface area contributed by atoms with Crippen molar-refractivity contribution in [3.63, 3.8) is 0 Å². The molecule has 0 aliphatic heterocycles. The Morgan fingerprint density at radius 1 is 0.491 bits per heavy atom. The average Bonchev–Trinajstić information content (AvgIpc) is 3.14. The number of carbonyl (C=O) groups is 1. The van der Waals surface area contributed by atoms with Gasteiger partial charge in [-0.1, -0.05) is 140 Å². The maximum Gasteiger partial charge on any atom is 0.306 e. The molecule has 1 unspecified atom stereocenters. The highest BCUT2D eigenvalue weighted by Gasteiger charge is 2.32. The number of ether oxygens (including phenoxy) is 3. The Hall–Kier alpha value is -1.69. The number of unbranched alkanes of at least 4 members (excludes halogenated alkanes) is 18. The molecule has 1 aliphatic carbocycles. The highest BCUT2D eigenvalue weighted by molar-refractivity contribution is 5.69. The maximum absolute atomic E-state index is 12.6. The van der Waals surface area contributed by atoms with Crippen LogP contribution >= 0.6 is 0 Å². The fourth-order valence-electron chi connectivity index (χ4n) is 7.00. The minimum atomic E-state index is -0.0997. The molecule has 0 spiro atoms. The van der Waals surface area contributed by atoms with Crippen molar-refractivity contribution in [3.05, 3.63) is 48.6 Å². The van der Waals surface area contributed by atoms with E-state index in [4.69, 9.17) is 14.2 Å². The Balaban J connectivity index is 2.22. The zero-order chi connectivity index (χ0) is 38.3. The first-order valence-corrected chi connectivity index (χ1v) is 22.7. The quantitative estimate of drug-likeness (QED) is 0.0360. The molecule has 53 heavy (non-hydrogen) atoms. The average molecular weight is 742 g/mol. The third-order valence-electron chi connectivity index (χ3n) is 10.3. The zero-order valence-corrected chi connectivity index (χ0v) is 35.6. The number of carbonyl (C=O) groups excluding carboxylic acids is 1. The lowest BCUT2D eigenvalue weighted by Gasteiger charge is -2.34. The van der Waals surface area contributed by atoms with E-state index in [0.717, 1.165) is 71.1 Å². The second-order valence-electron chi connectivity index (χ2n) is 15.9. The molecule has 0 heterocycles. The summed E-state index contributed by atoms with van der Waals surface area (Å²) in [6.07, 6.45) is 52.7. The van der Waals surface area contributed by atoms with Crippen LogP contribution in [0.4, 0.5) is 0 Å².